The van der Waals surface area contributed by atoms with Gasteiger partial charge in [-0.2, -0.15) is 4.98 Å². The van der Waals surface area contributed by atoms with Crippen molar-refractivity contribution in [1.82, 2.24) is 10.1 Å². The first-order valence-corrected chi connectivity index (χ1v) is 4.15. The molecule has 0 amide bonds. The van der Waals surface area contributed by atoms with Gasteiger partial charge in [0.1, 0.15) is 5.60 Å². The summed E-state index contributed by atoms with van der Waals surface area (Å²) >= 11 is 0. The molecule has 66 valence electrons. The minimum atomic E-state index is -0.332. The third kappa shape index (κ3) is 1.12. The standard InChI is InChI=1S/C8H12N2O2/c1-6-9-7(12-10-6)8(2)4-3-5-11-8/h3-5H2,1-2H3. The van der Waals surface area contributed by atoms with Crippen molar-refractivity contribution >= 4 is 0 Å². The van der Waals surface area contributed by atoms with E-state index in [0.717, 1.165) is 19.4 Å². The summed E-state index contributed by atoms with van der Waals surface area (Å²) < 4.78 is 10.6. The molecule has 1 aromatic rings. The third-order valence-electron chi connectivity index (χ3n) is 2.20. The normalized spacial score (nSPS) is 29.5. The van der Waals surface area contributed by atoms with E-state index in [1.165, 1.54) is 0 Å². The summed E-state index contributed by atoms with van der Waals surface area (Å²) in [4.78, 5) is 4.16. The Hall–Kier alpha value is -0.900. The van der Waals surface area contributed by atoms with E-state index >= 15 is 0 Å². The topological polar surface area (TPSA) is 48.2 Å². The molecule has 0 radical (unpaired) electrons. The lowest BCUT2D eigenvalue weighted by Crippen LogP contribution is -2.20. The van der Waals surface area contributed by atoms with E-state index in [1.54, 1.807) is 0 Å². The highest BCUT2D eigenvalue weighted by Gasteiger charge is 2.37. The number of ether oxygens (including phenoxy) is 1. The van der Waals surface area contributed by atoms with Gasteiger partial charge in [-0.05, 0) is 26.7 Å². The first-order valence-electron chi connectivity index (χ1n) is 4.15. The van der Waals surface area contributed by atoms with Crippen LogP contribution in [0.25, 0.3) is 0 Å². The van der Waals surface area contributed by atoms with E-state index in [2.05, 4.69) is 10.1 Å². The molecule has 0 aliphatic carbocycles. The summed E-state index contributed by atoms with van der Waals surface area (Å²) in [5, 5.41) is 3.74. The minimum Gasteiger partial charge on any atom is -0.365 e. The zero-order valence-corrected chi connectivity index (χ0v) is 7.33. The van der Waals surface area contributed by atoms with E-state index in [9.17, 15) is 0 Å². The zero-order valence-electron chi connectivity index (χ0n) is 7.33. The lowest BCUT2D eigenvalue weighted by Gasteiger charge is -2.16. The molecule has 1 atom stereocenters. The Morgan fingerprint density at radius 1 is 1.50 bits per heavy atom. The van der Waals surface area contributed by atoms with Crippen LogP contribution >= 0.6 is 0 Å². The van der Waals surface area contributed by atoms with Gasteiger partial charge in [0.25, 0.3) is 5.89 Å². The molecule has 0 aromatic carbocycles. The van der Waals surface area contributed by atoms with Crippen LogP contribution in [0.2, 0.25) is 0 Å². The van der Waals surface area contributed by atoms with Gasteiger partial charge < -0.3 is 9.26 Å². The second-order valence-electron chi connectivity index (χ2n) is 3.33. The molecule has 1 unspecified atom stereocenters. The van der Waals surface area contributed by atoms with Crippen molar-refractivity contribution < 1.29 is 9.26 Å². The summed E-state index contributed by atoms with van der Waals surface area (Å²) in [6, 6.07) is 0. The number of hydrogen-bond donors (Lipinski definition) is 0. The van der Waals surface area contributed by atoms with Crippen molar-refractivity contribution in [2.45, 2.75) is 32.3 Å². The van der Waals surface area contributed by atoms with Crippen LogP contribution in [0.1, 0.15) is 31.5 Å². The fourth-order valence-electron chi connectivity index (χ4n) is 1.46. The number of aryl methyl sites for hydroxylation is 1. The fraction of sp³-hybridized carbons (Fsp3) is 0.750. The lowest BCUT2D eigenvalue weighted by molar-refractivity contribution is -0.00937. The summed E-state index contributed by atoms with van der Waals surface area (Å²) in [5.41, 5.74) is -0.332. The van der Waals surface area contributed by atoms with Crippen LogP contribution in [-0.2, 0) is 10.3 Å². The fourth-order valence-corrected chi connectivity index (χ4v) is 1.46. The molecule has 1 aliphatic rings. The number of hydrogen-bond acceptors (Lipinski definition) is 4. The molecular formula is C8H12N2O2. The molecule has 1 saturated heterocycles. The van der Waals surface area contributed by atoms with Crippen molar-refractivity contribution in [1.29, 1.82) is 0 Å². The molecule has 0 spiro atoms. The summed E-state index contributed by atoms with van der Waals surface area (Å²) in [5.74, 6) is 1.28. The van der Waals surface area contributed by atoms with Gasteiger partial charge in [0, 0.05) is 6.61 Å². The smallest absolute Gasteiger partial charge is 0.258 e. The average Bonchev–Trinajstić information content (AvgIpc) is 2.59. The van der Waals surface area contributed by atoms with Crippen molar-refractivity contribution in [3.05, 3.63) is 11.7 Å². The molecule has 0 saturated carbocycles. The van der Waals surface area contributed by atoms with E-state index in [-0.39, 0.29) is 5.60 Å². The largest absolute Gasteiger partial charge is 0.365 e. The van der Waals surface area contributed by atoms with Crippen LogP contribution in [-0.4, -0.2) is 16.7 Å². The van der Waals surface area contributed by atoms with Crippen LogP contribution in [0.15, 0.2) is 4.52 Å². The molecule has 1 fully saturated rings. The van der Waals surface area contributed by atoms with Gasteiger partial charge in [0.15, 0.2) is 5.82 Å². The molecule has 12 heavy (non-hydrogen) atoms. The predicted octanol–water partition coefficient (Wildman–Crippen LogP) is 1.40. The Kier molecular flexibility index (Phi) is 1.65. The molecule has 0 bridgehead atoms. The quantitative estimate of drug-likeness (QED) is 0.636. The maximum Gasteiger partial charge on any atom is 0.258 e. The second-order valence-corrected chi connectivity index (χ2v) is 3.33. The molecule has 1 aliphatic heterocycles. The van der Waals surface area contributed by atoms with Crippen molar-refractivity contribution in [2.24, 2.45) is 0 Å². The van der Waals surface area contributed by atoms with Crippen molar-refractivity contribution in [2.75, 3.05) is 6.61 Å². The SMILES string of the molecule is Cc1noc(C2(C)CCCO2)n1. The maximum absolute atomic E-state index is 5.54. The van der Waals surface area contributed by atoms with Crippen LogP contribution in [0, 0.1) is 6.92 Å². The Bertz CT molecular complexity index is 276. The highest BCUT2D eigenvalue weighted by molar-refractivity contribution is 4.98. The maximum atomic E-state index is 5.54. The molecule has 1 aromatic heterocycles. The predicted molar refractivity (Wildman–Crippen MR) is 41.6 cm³/mol. The summed E-state index contributed by atoms with van der Waals surface area (Å²) in [7, 11) is 0. The van der Waals surface area contributed by atoms with Gasteiger partial charge in [-0.25, -0.2) is 0 Å². The highest BCUT2D eigenvalue weighted by Crippen LogP contribution is 2.34. The average molecular weight is 168 g/mol. The van der Waals surface area contributed by atoms with Gasteiger partial charge in [0.05, 0.1) is 0 Å². The van der Waals surface area contributed by atoms with Crippen LogP contribution < -0.4 is 0 Å². The Balaban J connectivity index is 2.28. The monoisotopic (exact) mass is 168 g/mol. The Morgan fingerprint density at radius 3 is 2.83 bits per heavy atom. The van der Waals surface area contributed by atoms with Gasteiger partial charge in [-0.3, -0.25) is 0 Å². The minimum absolute atomic E-state index is 0.332. The number of rotatable bonds is 1. The van der Waals surface area contributed by atoms with Crippen LogP contribution in [0.5, 0.6) is 0 Å². The van der Waals surface area contributed by atoms with E-state index in [0.29, 0.717) is 11.7 Å². The summed E-state index contributed by atoms with van der Waals surface area (Å²) in [6.45, 7) is 4.59. The van der Waals surface area contributed by atoms with E-state index < -0.39 is 0 Å². The molecule has 4 heteroatoms. The third-order valence-corrected chi connectivity index (χ3v) is 2.20. The number of nitrogens with zero attached hydrogens (tertiary/aromatic N) is 2. The van der Waals surface area contributed by atoms with Gasteiger partial charge >= 0.3 is 0 Å². The van der Waals surface area contributed by atoms with Gasteiger partial charge in [-0.1, -0.05) is 5.16 Å². The van der Waals surface area contributed by atoms with E-state index in [1.807, 2.05) is 13.8 Å². The highest BCUT2D eigenvalue weighted by atomic mass is 16.5. The molecule has 4 nitrogen and oxygen atoms in total. The first-order chi connectivity index (χ1) is 5.71. The Labute approximate surface area is 70.9 Å². The molecular weight excluding hydrogens is 156 g/mol. The van der Waals surface area contributed by atoms with Gasteiger partial charge in [-0.15, -0.1) is 0 Å². The van der Waals surface area contributed by atoms with Gasteiger partial charge in [0.2, 0.25) is 0 Å². The Morgan fingerprint density at radius 2 is 2.33 bits per heavy atom. The second kappa shape index (κ2) is 2.55. The molecule has 2 rings (SSSR count). The molecule has 2 heterocycles. The van der Waals surface area contributed by atoms with Crippen molar-refractivity contribution in [3.8, 4) is 0 Å². The van der Waals surface area contributed by atoms with E-state index in [4.69, 9.17) is 9.26 Å². The lowest BCUT2D eigenvalue weighted by atomic mass is 10.0. The van der Waals surface area contributed by atoms with Crippen LogP contribution in [0.4, 0.5) is 0 Å². The zero-order chi connectivity index (χ0) is 8.60. The summed E-state index contributed by atoms with van der Waals surface area (Å²) in [6.07, 6.45) is 2.03. The van der Waals surface area contributed by atoms with Crippen LogP contribution in [0.3, 0.4) is 0 Å². The van der Waals surface area contributed by atoms with Crippen molar-refractivity contribution in [3.63, 3.8) is 0 Å². The first kappa shape index (κ1) is 7.73. The molecule has 0 N–H and O–H groups in total. The number of aromatic nitrogens is 2.